The second kappa shape index (κ2) is 5.74. The zero-order chi connectivity index (χ0) is 15.8. The summed E-state index contributed by atoms with van der Waals surface area (Å²) in [5, 5.41) is 4.90. The van der Waals surface area contributed by atoms with Crippen molar-refractivity contribution in [2.75, 3.05) is 0 Å². The maximum Gasteiger partial charge on any atom is 0.253 e. The molecule has 0 atom stereocenters. The van der Waals surface area contributed by atoms with Gasteiger partial charge < -0.3 is 9.88 Å². The van der Waals surface area contributed by atoms with Crippen molar-refractivity contribution in [3.05, 3.63) is 70.9 Å². The van der Waals surface area contributed by atoms with Crippen LogP contribution in [0.3, 0.4) is 0 Å². The SMILES string of the molecule is O=C(NC1CC1)c1cccc2ccn(Cc3ccc(Cl)cc3)c12. The quantitative estimate of drug-likeness (QED) is 0.765. The highest BCUT2D eigenvalue weighted by Crippen LogP contribution is 2.24. The van der Waals surface area contributed by atoms with Crippen LogP contribution in [0.4, 0.5) is 0 Å². The largest absolute Gasteiger partial charge is 0.349 e. The molecule has 4 rings (SSSR count). The monoisotopic (exact) mass is 324 g/mol. The van der Waals surface area contributed by atoms with Gasteiger partial charge in [-0.2, -0.15) is 0 Å². The number of benzene rings is 2. The Kier molecular flexibility index (Phi) is 3.58. The van der Waals surface area contributed by atoms with E-state index in [2.05, 4.69) is 16.0 Å². The Morgan fingerprint density at radius 2 is 1.91 bits per heavy atom. The number of carbonyl (C=O) groups excluding carboxylic acids is 1. The summed E-state index contributed by atoms with van der Waals surface area (Å²) in [6.45, 7) is 0.717. The van der Waals surface area contributed by atoms with Gasteiger partial charge in [0.05, 0.1) is 11.1 Å². The Bertz CT molecular complexity index is 863. The van der Waals surface area contributed by atoms with E-state index < -0.39 is 0 Å². The van der Waals surface area contributed by atoms with Gasteiger partial charge in [0.1, 0.15) is 0 Å². The van der Waals surface area contributed by atoms with E-state index in [4.69, 9.17) is 11.6 Å². The predicted molar refractivity (Wildman–Crippen MR) is 93.0 cm³/mol. The third-order valence-corrected chi connectivity index (χ3v) is 4.46. The zero-order valence-corrected chi connectivity index (χ0v) is 13.4. The van der Waals surface area contributed by atoms with E-state index >= 15 is 0 Å². The molecule has 0 bridgehead atoms. The standard InChI is InChI=1S/C19H17ClN2O/c20-15-6-4-13(5-7-15)12-22-11-10-14-2-1-3-17(18(14)22)19(23)21-16-8-9-16/h1-7,10-11,16H,8-9,12H2,(H,21,23). The number of para-hydroxylation sites is 1. The van der Waals surface area contributed by atoms with E-state index in [1.807, 2.05) is 48.7 Å². The predicted octanol–water partition coefficient (Wildman–Crippen LogP) is 4.24. The first-order valence-electron chi connectivity index (χ1n) is 7.84. The van der Waals surface area contributed by atoms with E-state index in [0.717, 1.165) is 39.9 Å². The molecule has 1 aromatic heterocycles. The Morgan fingerprint density at radius 3 is 2.65 bits per heavy atom. The number of nitrogens with zero attached hydrogens (tertiary/aromatic N) is 1. The van der Waals surface area contributed by atoms with Gasteiger partial charge in [-0.25, -0.2) is 0 Å². The molecule has 0 spiro atoms. The van der Waals surface area contributed by atoms with Crippen LogP contribution in [-0.4, -0.2) is 16.5 Å². The number of halogens is 1. The highest BCUT2D eigenvalue weighted by Gasteiger charge is 2.25. The number of fused-ring (bicyclic) bond motifs is 1. The minimum atomic E-state index is 0.0224. The smallest absolute Gasteiger partial charge is 0.253 e. The lowest BCUT2D eigenvalue weighted by molar-refractivity contribution is 0.0952. The summed E-state index contributed by atoms with van der Waals surface area (Å²) in [5.74, 6) is 0.0224. The summed E-state index contributed by atoms with van der Waals surface area (Å²) >= 11 is 5.95. The molecule has 1 amide bonds. The molecule has 0 radical (unpaired) electrons. The summed E-state index contributed by atoms with van der Waals surface area (Å²) in [4.78, 5) is 12.5. The molecule has 0 unspecified atom stereocenters. The highest BCUT2D eigenvalue weighted by atomic mass is 35.5. The van der Waals surface area contributed by atoms with Crippen LogP contribution < -0.4 is 5.32 Å². The maximum absolute atomic E-state index is 12.5. The minimum Gasteiger partial charge on any atom is -0.349 e. The molecule has 1 N–H and O–H groups in total. The lowest BCUT2D eigenvalue weighted by Crippen LogP contribution is -2.26. The second-order valence-corrected chi connectivity index (χ2v) is 6.50. The fourth-order valence-electron chi connectivity index (χ4n) is 2.85. The fraction of sp³-hybridized carbons (Fsp3) is 0.211. The van der Waals surface area contributed by atoms with Gasteiger partial charge in [0.2, 0.25) is 0 Å². The molecular formula is C19H17ClN2O. The summed E-state index contributed by atoms with van der Waals surface area (Å²) < 4.78 is 2.13. The van der Waals surface area contributed by atoms with E-state index in [-0.39, 0.29) is 5.91 Å². The highest BCUT2D eigenvalue weighted by molar-refractivity contribution is 6.30. The molecule has 1 aliphatic carbocycles. The molecule has 116 valence electrons. The van der Waals surface area contributed by atoms with Crippen molar-refractivity contribution in [3.63, 3.8) is 0 Å². The number of hydrogen-bond donors (Lipinski definition) is 1. The fourth-order valence-corrected chi connectivity index (χ4v) is 2.98. The molecule has 1 heterocycles. The van der Waals surface area contributed by atoms with Gasteiger partial charge in [0.25, 0.3) is 5.91 Å². The van der Waals surface area contributed by atoms with Crippen molar-refractivity contribution in [1.29, 1.82) is 0 Å². The van der Waals surface area contributed by atoms with Crippen molar-refractivity contribution in [3.8, 4) is 0 Å². The van der Waals surface area contributed by atoms with Crippen LogP contribution in [0.1, 0.15) is 28.8 Å². The van der Waals surface area contributed by atoms with Crippen LogP contribution in [0.2, 0.25) is 5.02 Å². The van der Waals surface area contributed by atoms with E-state index in [1.54, 1.807) is 0 Å². The molecule has 0 saturated heterocycles. The van der Waals surface area contributed by atoms with Gasteiger partial charge in [0.15, 0.2) is 0 Å². The van der Waals surface area contributed by atoms with Gasteiger partial charge in [0, 0.05) is 29.2 Å². The molecule has 1 aliphatic rings. The molecule has 23 heavy (non-hydrogen) atoms. The molecule has 1 fully saturated rings. The number of hydrogen-bond acceptors (Lipinski definition) is 1. The Labute approximate surface area is 139 Å². The van der Waals surface area contributed by atoms with Crippen LogP contribution in [0.25, 0.3) is 10.9 Å². The topological polar surface area (TPSA) is 34.0 Å². The lowest BCUT2D eigenvalue weighted by atomic mass is 10.1. The van der Waals surface area contributed by atoms with E-state index in [9.17, 15) is 4.79 Å². The number of amides is 1. The average Bonchev–Trinajstić information content (AvgIpc) is 3.28. The number of aromatic nitrogens is 1. The van der Waals surface area contributed by atoms with Crippen LogP contribution in [0, 0.1) is 0 Å². The van der Waals surface area contributed by atoms with Gasteiger partial charge in [-0.15, -0.1) is 0 Å². The Morgan fingerprint density at radius 1 is 1.13 bits per heavy atom. The number of rotatable bonds is 4. The molecule has 0 aliphatic heterocycles. The first kappa shape index (κ1) is 14.3. The number of nitrogens with one attached hydrogen (secondary N) is 1. The summed E-state index contributed by atoms with van der Waals surface area (Å²) in [7, 11) is 0. The second-order valence-electron chi connectivity index (χ2n) is 6.06. The Hall–Kier alpha value is -2.26. The first-order valence-corrected chi connectivity index (χ1v) is 8.22. The molecule has 2 aromatic carbocycles. The van der Waals surface area contributed by atoms with Gasteiger partial charge in [-0.1, -0.05) is 35.9 Å². The average molecular weight is 325 g/mol. The van der Waals surface area contributed by atoms with Gasteiger partial charge >= 0.3 is 0 Å². The van der Waals surface area contributed by atoms with Crippen LogP contribution >= 0.6 is 11.6 Å². The molecule has 3 aromatic rings. The van der Waals surface area contributed by atoms with Gasteiger partial charge in [-0.3, -0.25) is 4.79 Å². The van der Waals surface area contributed by atoms with Crippen molar-refractivity contribution in [2.24, 2.45) is 0 Å². The zero-order valence-electron chi connectivity index (χ0n) is 12.6. The molecular weight excluding hydrogens is 308 g/mol. The van der Waals surface area contributed by atoms with Crippen molar-refractivity contribution in [1.82, 2.24) is 9.88 Å². The van der Waals surface area contributed by atoms with Crippen LogP contribution in [0.5, 0.6) is 0 Å². The van der Waals surface area contributed by atoms with Crippen LogP contribution in [0.15, 0.2) is 54.7 Å². The normalized spacial score (nSPS) is 14.1. The lowest BCUT2D eigenvalue weighted by Gasteiger charge is -2.10. The summed E-state index contributed by atoms with van der Waals surface area (Å²) in [6.07, 6.45) is 4.22. The summed E-state index contributed by atoms with van der Waals surface area (Å²) in [5.41, 5.74) is 2.89. The van der Waals surface area contributed by atoms with Crippen molar-refractivity contribution < 1.29 is 4.79 Å². The van der Waals surface area contributed by atoms with Gasteiger partial charge in [-0.05, 0) is 42.7 Å². The number of carbonyl (C=O) groups is 1. The maximum atomic E-state index is 12.5. The molecule has 1 saturated carbocycles. The Balaban J connectivity index is 1.71. The van der Waals surface area contributed by atoms with Crippen molar-refractivity contribution >= 4 is 28.4 Å². The van der Waals surface area contributed by atoms with E-state index in [0.29, 0.717) is 12.6 Å². The third kappa shape index (κ3) is 2.97. The minimum absolute atomic E-state index is 0.0224. The molecule has 3 nitrogen and oxygen atoms in total. The molecule has 4 heteroatoms. The third-order valence-electron chi connectivity index (χ3n) is 4.21. The van der Waals surface area contributed by atoms with Crippen molar-refractivity contribution in [2.45, 2.75) is 25.4 Å². The summed E-state index contributed by atoms with van der Waals surface area (Å²) in [6, 6.07) is 16.1. The van der Waals surface area contributed by atoms with E-state index in [1.165, 1.54) is 0 Å². The van der Waals surface area contributed by atoms with Crippen LogP contribution in [-0.2, 0) is 6.54 Å². The first-order chi connectivity index (χ1) is 11.2.